The molecule has 0 spiro atoms. The highest BCUT2D eigenvalue weighted by molar-refractivity contribution is 5.37. The van der Waals surface area contributed by atoms with Crippen molar-refractivity contribution in [2.75, 3.05) is 19.7 Å². The van der Waals surface area contributed by atoms with E-state index < -0.39 is 0 Å². The molecular weight excluding hydrogens is 258 g/mol. The van der Waals surface area contributed by atoms with Gasteiger partial charge in [0.1, 0.15) is 5.75 Å². The first kappa shape index (κ1) is 18.0. The third-order valence-electron chi connectivity index (χ3n) is 3.79. The lowest BCUT2D eigenvalue weighted by Gasteiger charge is -2.15. The molecule has 2 heteroatoms. The summed E-state index contributed by atoms with van der Waals surface area (Å²) in [5.41, 5.74) is 2.68. The van der Waals surface area contributed by atoms with Crippen LogP contribution in [0.25, 0.3) is 0 Å². The largest absolute Gasteiger partial charge is 0.494 e. The molecule has 0 heterocycles. The third-order valence-corrected chi connectivity index (χ3v) is 3.79. The van der Waals surface area contributed by atoms with Gasteiger partial charge in [-0.25, -0.2) is 0 Å². The summed E-state index contributed by atoms with van der Waals surface area (Å²) >= 11 is 0. The average molecular weight is 291 g/mol. The smallest absolute Gasteiger partial charge is 0.122 e. The molecule has 1 N–H and O–H groups in total. The molecular formula is C19H33NO. The lowest BCUT2D eigenvalue weighted by atomic mass is 9.97. The molecule has 0 aliphatic carbocycles. The summed E-state index contributed by atoms with van der Waals surface area (Å²) < 4.78 is 5.74. The first-order valence-electron chi connectivity index (χ1n) is 8.46. The van der Waals surface area contributed by atoms with Crippen molar-refractivity contribution < 1.29 is 4.74 Å². The normalized spacial score (nSPS) is 12.7. The molecule has 0 radical (unpaired) electrons. The van der Waals surface area contributed by atoms with E-state index in [1.165, 1.54) is 24.0 Å². The summed E-state index contributed by atoms with van der Waals surface area (Å²) in [6.07, 6.45) is 3.59. The Morgan fingerprint density at radius 1 is 1.14 bits per heavy atom. The highest BCUT2D eigenvalue weighted by atomic mass is 16.5. The van der Waals surface area contributed by atoms with Gasteiger partial charge in [0.2, 0.25) is 0 Å². The molecule has 2 nitrogen and oxygen atoms in total. The Bertz CT molecular complexity index is 401. The van der Waals surface area contributed by atoms with Crippen molar-refractivity contribution in [3.8, 4) is 5.75 Å². The van der Waals surface area contributed by atoms with Crippen LogP contribution in [0.3, 0.4) is 0 Å². The number of ether oxygens (including phenoxy) is 1. The SMILES string of the molecule is CCOc1ccc(C)cc1CCC(C)CCNCC(C)C. The standard InChI is InChI=1S/C19H33NO/c1-6-21-19-10-8-17(5)13-18(19)9-7-16(4)11-12-20-14-15(2)3/h8,10,13,15-16,20H,6-7,9,11-12,14H2,1-5H3. The maximum absolute atomic E-state index is 5.74. The monoisotopic (exact) mass is 291 g/mol. The molecule has 0 aliphatic rings. The fraction of sp³-hybridized carbons (Fsp3) is 0.684. The molecule has 0 fully saturated rings. The van der Waals surface area contributed by atoms with Gasteiger partial charge in [-0.2, -0.15) is 0 Å². The molecule has 1 aromatic rings. The fourth-order valence-electron chi connectivity index (χ4n) is 2.49. The van der Waals surface area contributed by atoms with Crippen LogP contribution in [0.4, 0.5) is 0 Å². The zero-order chi connectivity index (χ0) is 15.7. The highest BCUT2D eigenvalue weighted by Crippen LogP contribution is 2.23. The van der Waals surface area contributed by atoms with Crippen molar-refractivity contribution in [1.82, 2.24) is 5.32 Å². The van der Waals surface area contributed by atoms with Gasteiger partial charge in [0.05, 0.1) is 6.61 Å². The number of hydrogen-bond donors (Lipinski definition) is 1. The molecule has 0 saturated carbocycles. The Morgan fingerprint density at radius 3 is 2.57 bits per heavy atom. The second-order valence-corrected chi connectivity index (χ2v) is 6.57. The predicted octanol–water partition coefficient (Wildman–Crippen LogP) is 4.60. The van der Waals surface area contributed by atoms with Crippen LogP contribution in [0.1, 0.15) is 51.7 Å². The minimum Gasteiger partial charge on any atom is -0.494 e. The molecule has 1 rings (SSSR count). The summed E-state index contributed by atoms with van der Waals surface area (Å²) in [5.74, 6) is 2.55. The molecule has 1 aromatic carbocycles. The molecule has 1 atom stereocenters. The number of aryl methyl sites for hydroxylation is 2. The lowest BCUT2D eigenvalue weighted by Crippen LogP contribution is -2.22. The maximum atomic E-state index is 5.74. The van der Waals surface area contributed by atoms with Crippen LogP contribution in [0, 0.1) is 18.8 Å². The molecule has 120 valence electrons. The van der Waals surface area contributed by atoms with Crippen molar-refractivity contribution in [3.63, 3.8) is 0 Å². The average Bonchev–Trinajstić information content (AvgIpc) is 2.44. The molecule has 21 heavy (non-hydrogen) atoms. The number of rotatable bonds is 10. The second-order valence-electron chi connectivity index (χ2n) is 6.57. The van der Waals surface area contributed by atoms with E-state index >= 15 is 0 Å². The lowest BCUT2D eigenvalue weighted by molar-refractivity contribution is 0.335. The van der Waals surface area contributed by atoms with Crippen molar-refractivity contribution in [3.05, 3.63) is 29.3 Å². The first-order valence-corrected chi connectivity index (χ1v) is 8.46. The molecule has 0 amide bonds. The van der Waals surface area contributed by atoms with E-state index in [0.29, 0.717) is 0 Å². The van der Waals surface area contributed by atoms with Gasteiger partial charge in [-0.3, -0.25) is 0 Å². The topological polar surface area (TPSA) is 21.3 Å². The Morgan fingerprint density at radius 2 is 1.90 bits per heavy atom. The van der Waals surface area contributed by atoms with E-state index in [1.54, 1.807) is 0 Å². The van der Waals surface area contributed by atoms with Crippen molar-refractivity contribution in [1.29, 1.82) is 0 Å². The molecule has 1 unspecified atom stereocenters. The summed E-state index contributed by atoms with van der Waals surface area (Å²) in [4.78, 5) is 0. The highest BCUT2D eigenvalue weighted by Gasteiger charge is 2.07. The van der Waals surface area contributed by atoms with Gasteiger partial charge in [-0.05, 0) is 69.7 Å². The molecule has 0 bridgehead atoms. The zero-order valence-corrected chi connectivity index (χ0v) is 14.5. The van der Waals surface area contributed by atoms with E-state index in [0.717, 1.165) is 43.7 Å². The van der Waals surface area contributed by atoms with Crippen LogP contribution in [-0.4, -0.2) is 19.7 Å². The van der Waals surface area contributed by atoms with Crippen molar-refractivity contribution in [2.24, 2.45) is 11.8 Å². The Hall–Kier alpha value is -1.02. The third kappa shape index (κ3) is 7.52. The maximum Gasteiger partial charge on any atom is 0.122 e. The summed E-state index contributed by atoms with van der Waals surface area (Å²) in [7, 11) is 0. The first-order chi connectivity index (χ1) is 10.0. The Kier molecular flexibility index (Phi) is 8.44. The van der Waals surface area contributed by atoms with Crippen LogP contribution in [0.5, 0.6) is 5.75 Å². The van der Waals surface area contributed by atoms with Crippen LogP contribution in [-0.2, 0) is 6.42 Å². The van der Waals surface area contributed by atoms with Crippen LogP contribution in [0.15, 0.2) is 18.2 Å². The quantitative estimate of drug-likeness (QED) is 0.636. The number of hydrogen-bond acceptors (Lipinski definition) is 2. The number of nitrogens with one attached hydrogen (secondary N) is 1. The summed E-state index contributed by atoms with van der Waals surface area (Å²) in [6, 6.07) is 6.52. The molecule has 0 aromatic heterocycles. The van der Waals surface area contributed by atoms with Crippen LogP contribution >= 0.6 is 0 Å². The zero-order valence-electron chi connectivity index (χ0n) is 14.5. The van der Waals surface area contributed by atoms with Gasteiger partial charge < -0.3 is 10.1 Å². The second kappa shape index (κ2) is 9.83. The molecule has 0 aliphatic heterocycles. The van der Waals surface area contributed by atoms with E-state index in [2.05, 4.69) is 51.2 Å². The van der Waals surface area contributed by atoms with Gasteiger partial charge in [-0.15, -0.1) is 0 Å². The van der Waals surface area contributed by atoms with Crippen molar-refractivity contribution >= 4 is 0 Å². The van der Waals surface area contributed by atoms with Crippen molar-refractivity contribution in [2.45, 2.75) is 53.9 Å². The minimum atomic E-state index is 0.737. The fourth-order valence-corrected chi connectivity index (χ4v) is 2.49. The summed E-state index contributed by atoms with van der Waals surface area (Å²) in [6.45, 7) is 14.1. The summed E-state index contributed by atoms with van der Waals surface area (Å²) in [5, 5.41) is 3.53. The van der Waals surface area contributed by atoms with E-state index in [4.69, 9.17) is 4.74 Å². The van der Waals surface area contributed by atoms with Gasteiger partial charge in [0.25, 0.3) is 0 Å². The van der Waals surface area contributed by atoms with Gasteiger partial charge in [0.15, 0.2) is 0 Å². The Labute approximate surface area is 131 Å². The van der Waals surface area contributed by atoms with Crippen LogP contribution < -0.4 is 10.1 Å². The minimum absolute atomic E-state index is 0.737. The molecule has 0 saturated heterocycles. The van der Waals surface area contributed by atoms with Gasteiger partial charge in [-0.1, -0.05) is 38.5 Å². The van der Waals surface area contributed by atoms with Crippen LogP contribution in [0.2, 0.25) is 0 Å². The van der Waals surface area contributed by atoms with E-state index in [9.17, 15) is 0 Å². The van der Waals surface area contributed by atoms with E-state index in [-0.39, 0.29) is 0 Å². The number of benzene rings is 1. The van der Waals surface area contributed by atoms with Gasteiger partial charge >= 0.3 is 0 Å². The van der Waals surface area contributed by atoms with Gasteiger partial charge in [0, 0.05) is 0 Å². The Balaban J connectivity index is 2.38. The predicted molar refractivity (Wildman–Crippen MR) is 92.2 cm³/mol. The van der Waals surface area contributed by atoms with E-state index in [1.807, 2.05) is 6.92 Å².